The topological polar surface area (TPSA) is 52.7 Å². The Hall–Kier alpha value is -2.92. The van der Waals surface area contributed by atoms with Crippen LogP contribution in [-0.4, -0.2) is 19.6 Å². The lowest BCUT2D eigenvalue weighted by Crippen LogP contribution is -2.24. The fraction of sp³-hybridized carbons (Fsp3) is 0.150. The molecule has 6 heteroatoms. The van der Waals surface area contributed by atoms with Gasteiger partial charge in [0.1, 0.15) is 5.52 Å². The van der Waals surface area contributed by atoms with Gasteiger partial charge in [0, 0.05) is 10.4 Å². The maximum absolute atomic E-state index is 13.2. The number of hydrogen-bond donors (Lipinski definition) is 0. The molecule has 0 N–H and O–H groups in total. The van der Waals surface area contributed by atoms with Crippen molar-refractivity contribution in [2.24, 2.45) is 0 Å². The molecule has 0 saturated carbocycles. The van der Waals surface area contributed by atoms with E-state index in [-0.39, 0.29) is 5.56 Å². The van der Waals surface area contributed by atoms with Crippen LogP contribution in [0, 0.1) is 20.8 Å². The zero-order valence-electron chi connectivity index (χ0n) is 14.7. The van der Waals surface area contributed by atoms with Gasteiger partial charge in [-0.05, 0) is 56.7 Å². The van der Waals surface area contributed by atoms with E-state index in [1.165, 1.54) is 10.2 Å². The van der Waals surface area contributed by atoms with Gasteiger partial charge in [0.25, 0.3) is 5.56 Å². The van der Waals surface area contributed by atoms with Crippen molar-refractivity contribution in [2.45, 2.75) is 20.8 Å². The maximum Gasteiger partial charge on any atom is 0.298 e. The van der Waals surface area contributed by atoms with Gasteiger partial charge in [0.05, 0.1) is 23.3 Å². The molecule has 0 amide bonds. The average Bonchev–Trinajstić information content (AvgIpc) is 3.05. The second-order valence-corrected chi connectivity index (χ2v) is 6.82. The SMILES string of the molecule is Cc1ccc(-n2ncc3c(C)nn(-c4ccc(Cl)cc4)c(=O)c32)c(C)c1. The highest BCUT2D eigenvalue weighted by Gasteiger charge is 2.16. The van der Waals surface area contributed by atoms with Gasteiger partial charge in [-0.1, -0.05) is 29.3 Å². The van der Waals surface area contributed by atoms with E-state index in [2.05, 4.69) is 16.3 Å². The number of rotatable bonds is 2. The number of nitrogens with zero attached hydrogens (tertiary/aromatic N) is 4. The molecular weight excluding hydrogens is 348 g/mol. The molecule has 2 heterocycles. The summed E-state index contributed by atoms with van der Waals surface area (Å²) in [5.41, 5.74) is 4.81. The van der Waals surface area contributed by atoms with Crippen molar-refractivity contribution in [3.8, 4) is 11.4 Å². The van der Waals surface area contributed by atoms with Gasteiger partial charge in [-0.3, -0.25) is 4.79 Å². The molecule has 2 aromatic heterocycles. The van der Waals surface area contributed by atoms with Crippen molar-refractivity contribution in [2.75, 3.05) is 0 Å². The van der Waals surface area contributed by atoms with E-state index in [1.54, 1.807) is 35.1 Å². The number of aryl methyl sites for hydroxylation is 3. The summed E-state index contributed by atoms with van der Waals surface area (Å²) in [7, 11) is 0. The number of halogens is 1. The molecule has 26 heavy (non-hydrogen) atoms. The van der Waals surface area contributed by atoms with Crippen LogP contribution in [0.5, 0.6) is 0 Å². The monoisotopic (exact) mass is 364 g/mol. The summed E-state index contributed by atoms with van der Waals surface area (Å²) >= 11 is 5.96. The van der Waals surface area contributed by atoms with Crippen molar-refractivity contribution >= 4 is 22.5 Å². The van der Waals surface area contributed by atoms with Crippen molar-refractivity contribution in [1.29, 1.82) is 0 Å². The van der Waals surface area contributed by atoms with Gasteiger partial charge in [-0.25, -0.2) is 4.68 Å². The second-order valence-electron chi connectivity index (χ2n) is 6.39. The highest BCUT2D eigenvalue weighted by Crippen LogP contribution is 2.21. The van der Waals surface area contributed by atoms with Gasteiger partial charge in [-0.15, -0.1) is 0 Å². The summed E-state index contributed by atoms with van der Waals surface area (Å²) in [6.45, 7) is 5.93. The first-order chi connectivity index (χ1) is 12.5. The molecule has 0 aliphatic heterocycles. The van der Waals surface area contributed by atoms with E-state index in [1.807, 2.05) is 32.9 Å². The lowest BCUT2D eigenvalue weighted by Gasteiger charge is -2.10. The van der Waals surface area contributed by atoms with E-state index in [4.69, 9.17) is 11.6 Å². The van der Waals surface area contributed by atoms with E-state index in [0.717, 1.165) is 22.3 Å². The maximum atomic E-state index is 13.2. The van der Waals surface area contributed by atoms with Crippen LogP contribution >= 0.6 is 11.6 Å². The van der Waals surface area contributed by atoms with Gasteiger partial charge < -0.3 is 0 Å². The molecule has 5 nitrogen and oxygen atoms in total. The fourth-order valence-corrected chi connectivity index (χ4v) is 3.28. The molecule has 0 aliphatic rings. The van der Waals surface area contributed by atoms with E-state index in [0.29, 0.717) is 16.2 Å². The predicted molar refractivity (Wildman–Crippen MR) is 104 cm³/mol. The van der Waals surface area contributed by atoms with Crippen molar-refractivity contribution in [3.63, 3.8) is 0 Å². The molecule has 130 valence electrons. The molecule has 0 fully saturated rings. The number of fused-ring (bicyclic) bond motifs is 1. The lowest BCUT2D eigenvalue weighted by atomic mass is 10.1. The van der Waals surface area contributed by atoms with Crippen LogP contribution < -0.4 is 5.56 Å². The summed E-state index contributed by atoms with van der Waals surface area (Å²) in [4.78, 5) is 13.2. The summed E-state index contributed by atoms with van der Waals surface area (Å²) in [5.74, 6) is 0. The number of aromatic nitrogens is 4. The third-order valence-electron chi connectivity index (χ3n) is 4.46. The predicted octanol–water partition coefficient (Wildman–Crippen LogP) is 4.15. The Morgan fingerprint density at radius 1 is 0.962 bits per heavy atom. The highest BCUT2D eigenvalue weighted by atomic mass is 35.5. The first kappa shape index (κ1) is 16.5. The normalized spacial score (nSPS) is 11.2. The first-order valence-corrected chi connectivity index (χ1v) is 8.65. The largest absolute Gasteiger partial charge is 0.298 e. The third-order valence-corrected chi connectivity index (χ3v) is 4.71. The molecule has 0 bridgehead atoms. The van der Waals surface area contributed by atoms with Crippen molar-refractivity contribution in [3.05, 3.63) is 80.9 Å². The van der Waals surface area contributed by atoms with Crippen molar-refractivity contribution in [1.82, 2.24) is 19.6 Å². The summed E-state index contributed by atoms with van der Waals surface area (Å²) in [6, 6.07) is 13.1. The minimum atomic E-state index is -0.217. The van der Waals surface area contributed by atoms with Crippen LogP contribution in [0.15, 0.2) is 53.5 Å². The minimum Gasteiger partial charge on any atom is -0.265 e. The van der Waals surface area contributed by atoms with Crippen LogP contribution in [0.4, 0.5) is 0 Å². The first-order valence-electron chi connectivity index (χ1n) is 8.27. The van der Waals surface area contributed by atoms with E-state index < -0.39 is 0 Å². The molecule has 4 rings (SSSR count). The molecule has 0 spiro atoms. The van der Waals surface area contributed by atoms with Crippen LogP contribution in [-0.2, 0) is 0 Å². The Morgan fingerprint density at radius 2 is 1.69 bits per heavy atom. The fourth-order valence-electron chi connectivity index (χ4n) is 3.15. The smallest absolute Gasteiger partial charge is 0.265 e. The Morgan fingerprint density at radius 3 is 2.38 bits per heavy atom. The van der Waals surface area contributed by atoms with E-state index in [9.17, 15) is 4.79 Å². The van der Waals surface area contributed by atoms with Crippen molar-refractivity contribution < 1.29 is 0 Å². The quantitative estimate of drug-likeness (QED) is 0.537. The molecule has 2 aromatic carbocycles. The van der Waals surface area contributed by atoms with Gasteiger partial charge in [-0.2, -0.15) is 14.9 Å². The Bertz CT molecular complexity index is 1190. The molecule has 4 aromatic rings. The molecule has 0 radical (unpaired) electrons. The summed E-state index contributed by atoms with van der Waals surface area (Å²) in [5, 5.41) is 10.3. The van der Waals surface area contributed by atoms with Crippen LogP contribution in [0.2, 0.25) is 5.02 Å². The van der Waals surface area contributed by atoms with Gasteiger partial charge in [0.2, 0.25) is 0 Å². The van der Waals surface area contributed by atoms with Crippen LogP contribution in [0.25, 0.3) is 22.3 Å². The molecule has 0 atom stereocenters. The number of hydrogen-bond acceptors (Lipinski definition) is 3. The molecule has 0 unspecified atom stereocenters. The second kappa shape index (κ2) is 6.11. The van der Waals surface area contributed by atoms with E-state index >= 15 is 0 Å². The molecular formula is C20H17ClN4O. The third kappa shape index (κ3) is 2.61. The molecule has 0 saturated heterocycles. The standard InChI is InChI=1S/C20H17ClN4O/c1-12-4-9-18(13(2)10-12)25-19-17(11-22-25)14(3)23-24(20(19)26)16-7-5-15(21)6-8-16/h4-11H,1-3H3. The molecule has 0 aliphatic carbocycles. The number of benzene rings is 2. The Labute approximate surface area is 155 Å². The lowest BCUT2D eigenvalue weighted by molar-refractivity contribution is 0.790. The zero-order valence-corrected chi connectivity index (χ0v) is 15.4. The zero-order chi connectivity index (χ0) is 18.4. The Balaban J connectivity index is 2.03. The van der Waals surface area contributed by atoms with Gasteiger partial charge in [0.15, 0.2) is 0 Å². The summed E-state index contributed by atoms with van der Waals surface area (Å²) < 4.78 is 3.10. The van der Waals surface area contributed by atoms with Crippen LogP contribution in [0.3, 0.4) is 0 Å². The average molecular weight is 365 g/mol. The van der Waals surface area contributed by atoms with Crippen LogP contribution in [0.1, 0.15) is 16.8 Å². The summed E-state index contributed by atoms with van der Waals surface area (Å²) in [6.07, 6.45) is 1.70. The highest BCUT2D eigenvalue weighted by molar-refractivity contribution is 6.30. The Kier molecular flexibility index (Phi) is 3.89. The van der Waals surface area contributed by atoms with Gasteiger partial charge >= 0.3 is 0 Å². The minimum absolute atomic E-state index is 0.217.